The molecule has 3 aromatic carbocycles. The summed E-state index contributed by atoms with van der Waals surface area (Å²) in [5.41, 5.74) is 1.94. The van der Waals surface area contributed by atoms with Crippen LogP contribution in [0.3, 0.4) is 0 Å². The number of benzene rings is 3. The summed E-state index contributed by atoms with van der Waals surface area (Å²) in [6, 6.07) is 22.2. The standard InChI is InChI=1S/C22H17NO4/c24-20-12-11-17(22(26)27)14-19(20)23-21(25)18(16-9-5-2-6-10-16)13-15-7-3-1-4-8-15/h1-14,24H,(H,23,25)(H,26,27)/b18-13-. The van der Waals surface area contributed by atoms with Gasteiger partial charge < -0.3 is 15.5 Å². The number of rotatable bonds is 5. The molecule has 27 heavy (non-hydrogen) atoms. The van der Waals surface area contributed by atoms with Gasteiger partial charge in [-0.25, -0.2) is 4.79 Å². The number of aromatic carboxylic acids is 1. The van der Waals surface area contributed by atoms with E-state index in [0.717, 1.165) is 5.56 Å². The average Bonchev–Trinajstić information content (AvgIpc) is 2.69. The molecule has 0 unspecified atom stereocenters. The molecule has 5 heteroatoms. The molecule has 0 saturated carbocycles. The van der Waals surface area contributed by atoms with Crippen LogP contribution in [0.5, 0.6) is 5.75 Å². The first-order valence-corrected chi connectivity index (χ1v) is 8.24. The van der Waals surface area contributed by atoms with Gasteiger partial charge in [0.1, 0.15) is 5.75 Å². The molecule has 0 atom stereocenters. The first-order chi connectivity index (χ1) is 13.0. The van der Waals surface area contributed by atoms with Gasteiger partial charge in [0, 0.05) is 5.57 Å². The van der Waals surface area contributed by atoms with E-state index in [1.165, 1.54) is 18.2 Å². The van der Waals surface area contributed by atoms with Crippen molar-refractivity contribution >= 4 is 29.2 Å². The van der Waals surface area contributed by atoms with Crippen LogP contribution in [0.4, 0.5) is 5.69 Å². The first kappa shape index (κ1) is 17.9. The maximum atomic E-state index is 12.9. The average molecular weight is 359 g/mol. The zero-order valence-electron chi connectivity index (χ0n) is 14.3. The number of carboxylic acids is 1. The normalized spacial score (nSPS) is 11.0. The highest BCUT2D eigenvalue weighted by molar-refractivity contribution is 6.29. The highest BCUT2D eigenvalue weighted by Gasteiger charge is 2.15. The number of hydrogen-bond acceptors (Lipinski definition) is 3. The molecule has 0 bridgehead atoms. The zero-order valence-corrected chi connectivity index (χ0v) is 14.3. The number of phenols is 1. The summed E-state index contributed by atoms with van der Waals surface area (Å²) >= 11 is 0. The summed E-state index contributed by atoms with van der Waals surface area (Å²) in [7, 11) is 0. The van der Waals surface area contributed by atoms with Crippen molar-refractivity contribution in [3.8, 4) is 5.75 Å². The molecule has 0 aliphatic carbocycles. The topological polar surface area (TPSA) is 86.6 Å². The Balaban J connectivity index is 1.99. The van der Waals surface area contributed by atoms with Crippen LogP contribution in [0.15, 0.2) is 78.9 Å². The van der Waals surface area contributed by atoms with Gasteiger partial charge in [0.05, 0.1) is 11.3 Å². The number of carbonyl (C=O) groups is 2. The van der Waals surface area contributed by atoms with Crippen molar-refractivity contribution in [2.45, 2.75) is 0 Å². The molecule has 0 aromatic heterocycles. The van der Waals surface area contributed by atoms with E-state index in [0.29, 0.717) is 11.1 Å². The largest absolute Gasteiger partial charge is 0.506 e. The lowest BCUT2D eigenvalue weighted by atomic mass is 10.0. The third-order valence-electron chi connectivity index (χ3n) is 3.93. The van der Waals surface area contributed by atoms with Crippen molar-refractivity contribution in [3.05, 3.63) is 95.6 Å². The summed E-state index contributed by atoms with van der Waals surface area (Å²) < 4.78 is 0. The van der Waals surface area contributed by atoms with E-state index in [4.69, 9.17) is 5.11 Å². The molecule has 5 nitrogen and oxygen atoms in total. The number of hydrogen-bond donors (Lipinski definition) is 3. The van der Waals surface area contributed by atoms with Crippen molar-refractivity contribution < 1.29 is 19.8 Å². The predicted molar refractivity (Wildman–Crippen MR) is 104 cm³/mol. The van der Waals surface area contributed by atoms with Crippen LogP contribution < -0.4 is 5.32 Å². The number of phenolic OH excluding ortho intramolecular Hbond substituents is 1. The minimum absolute atomic E-state index is 0.0311. The Labute approximate surface area is 156 Å². The van der Waals surface area contributed by atoms with Crippen LogP contribution in [-0.2, 0) is 4.79 Å². The van der Waals surface area contributed by atoms with Crippen molar-refractivity contribution in [1.82, 2.24) is 0 Å². The maximum absolute atomic E-state index is 12.9. The SMILES string of the molecule is O=C(Nc1cc(C(=O)O)ccc1O)/C(=C\c1ccccc1)c1ccccc1. The molecule has 0 fully saturated rings. The smallest absolute Gasteiger partial charge is 0.335 e. The van der Waals surface area contributed by atoms with Gasteiger partial charge in [-0.2, -0.15) is 0 Å². The molecule has 0 saturated heterocycles. The van der Waals surface area contributed by atoms with E-state index < -0.39 is 11.9 Å². The Bertz CT molecular complexity index is 995. The van der Waals surface area contributed by atoms with Gasteiger partial charge in [-0.05, 0) is 35.4 Å². The maximum Gasteiger partial charge on any atom is 0.335 e. The number of carbonyl (C=O) groups excluding carboxylic acids is 1. The van der Waals surface area contributed by atoms with Crippen molar-refractivity contribution in [2.24, 2.45) is 0 Å². The molecular formula is C22H17NO4. The number of aromatic hydroxyl groups is 1. The lowest BCUT2D eigenvalue weighted by molar-refractivity contribution is -0.111. The number of carboxylic acid groups (broad SMARTS) is 1. The molecule has 0 radical (unpaired) electrons. The molecule has 0 spiro atoms. The van der Waals surface area contributed by atoms with E-state index in [2.05, 4.69) is 5.32 Å². The zero-order chi connectivity index (χ0) is 19.2. The Morgan fingerprint density at radius 3 is 2.07 bits per heavy atom. The van der Waals surface area contributed by atoms with Crippen LogP contribution in [-0.4, -0.2) is 22.1 Å². The second kappa shape index (κ2) is 8.01. The van der Waals surface area contributed by atoms with Gasteiger partial charge in [0.2, 0.25) is 0 Å². The van der Waals surface area contributed by atoms with E-state index >= 15 is 0 Å². The monoisotopic (exact) mass is 359 g/mol. The molecule has 0 aliphatic heterocycles. The van der Waals surface area contributed by atoms with Crippen molar-refractivity contribution in [1.29, 1.82) is 0 Å². The quantitative estimate of drug-likeness (QED) is 0.361. The third kappa shape index (κ3) is 4.41. The lowest BCUT2D eigenvalue weighted by Gasteiger charge is -2.11. The Hall–Kier alpha value is -3.86. The van der Waals surface area contributed by atoms with Crippen molar-refractivity contribution in [2.75, 3.05) is 5.32 Å². The molecule has 1 amide bonds. The van der Waals surface area contributed by atoms with Gasteiger partial charge in [-0.15, -0.1) is 0 Å². The van der Waals surface area contributed by atoms with Gasteiger partial charge in [0.25, 0.3) is 5.91 Å². The second-order valence-electron chi connectivity index (χ2n) is 5.83. The fourth-order valence-corrected chi connectivity index (χ4v) is 2.57. The van der Waals surface area contributed by atoms with Gasteiger partial charge in [0.15, 0.2) is 0 Å². The van der Waals surface area contributed by atoms with Crippen LogP contribution in [0.1, 0.15) is 21.5 Å². The molecule has 3 N–H and O–H groups in total. The van der Waals surface area contributed by atoms with Crippen LogP contribution in [0.2, 0.25) is 0 Å². The second-order valence-corrected chi connectivity index (χ2v) is 5.83. The fraction of sp³-hybridized carbons (Fsp3) is 0. The summed E-state index contributed by atoms with van der Waals surface area (Å²) in [5, 5.41) is 21.7. The van der Waals surface area contributed by atoms with E-state index in [9.17, 15) is 14.7 Å². The molecular weight excluding hydrogens is 342 g/mol. The minimum atomic E-state index is -1.14. The van der Waals surface area contributed by atoms with E-state index in [1.807, 2.05) is 60.7 Å². The highest BCUT2D eigenvalue weighted by atomic mass is 16.4. The molecule has 0 heterocycles. The van der Waals surface area contributed by atoms with E-state index in [-0.39, 0.29) is 17.0 Å². The van der Waals surface area contributed by atoms with Gasteiger partial charge in [-0.1, -0.05) is 60.7 Å². The Morgan fingerprint density at radius 2 is 1.44 bits per heavy atom. The lowest BCUT2D eigenvalue weighted by Crippen LogP contribution is -2.14. The summed E-state index contributed by atoms with van der Waals surface area (Å²) in [4.78, 5) is 24.1. The predicted octanol–water partition coefficient (Wildman–Crippen LogP) is 4.27. The summed E-state index contributed by atoms with van der Waals surface area (Å²) in [6.07, 6.45) is 1.74. The van der Waals surface area contributed by atoms with Gasteiger partial charge >= 0.3 is 5.97 Å². The third-order valence-corrected chi connectivity index (χ3v) is 3.93. The Kier molecular flexibility index (Phi) is 5.33. The van der Waals surface area contributed by atoms with E-state index in [1.54, 1.807) is 6.08 Å². The molecule has 0 aliphatic rings. The summed E-state index contributed by atoms with van der Waals surface area (Å²) in [5.74, 6) is -1.81. The highest BCUT2D eigenvalue weighted by Crippen LogP contribution is 2.27. The number of amides is 1. The van der Waals surface area contributed by atoms with Crippen LogP contribution >= 0.6 is 0 Å². The Morgan fingerprint density at radius 1 is 0.815 bits per heavy atom. The van der Waals surface area contributed by atoms with Crippen LogP contribution in [0.25, 0.3) is 11.6 Å². The minimum Gasteiger partial charge on any atom is -0.506 e. The molecule has 3 aromatic rings. The fourth-order valence-electron chi connectivity index (χ4n) is 2.57. The summed E-state index contributed by atoms with van der Waals surface area (Å²) in [6.45, 7) is 0. The number of anilines is 1. The van der Waals surface area contributed by atoms with Crippen LogP contribution in [0, 0.1) is 0 Å². The van der Waals surface area contributed by atoms with Gasteiger partial charge in [-0.3, -0.25) is 4.79 Å². The molecule has 3 rings (SSSR count). The first-order valence-electron chi connectivity index (χ1n) is 8.24. The number of nitrogens with one attached hydrogen (secondary N) is 1. The molecule has 134 valence electrons. The van der Waals surface area contributed by atoms with Crippen molar-refractivity contribution in [3.63, 3.8) is 0 Å².